The number of fused-ring (bicyclic) bond motifs is 2. The van der Waals surface area contributed by atoms with Crippen molar-refractivity contribution in [2.45, 2.75) is 25.2 Å². The Morgan fingerprint density at radius 1 is 1.08 bits per heavy atom. The lowest BCUT2D eigenvalue weighted by atomic mass is 9.99. The van der Waals surface area contributed by atoms with Gasteiger partial charge in [0.1, 0.15) is 6.61 Å². The molecule has 5 nitrogen and oxygen atoms in total. The topological polar surface area (TPSA) is 48.0 Å². The maximum atomic E-state index is 12.7. The zero-order chi connectivity index (χ0) is 17.2. The largest absolute Gasteiger partial charge is 0.485 e. The van der Waals surface area contributed by atoms with E-state index in [-0.39, 0.29) is 18.6 Å². The van der Waals surface area contributed by atoms with Crippen molar-refractivity contribution in [2.24, 2.45) is 0 Å². The molecule has 2 aliphatic heterocycles. The molecule has 0 N–H and O–H groups in total. The summed E-state index contributed by atoms with van der Waals surface area (Å²) in [7, 11) is 1.79. The van der Waals surface area contributed by atoms with Crippen LogP contribution in [-0.4, -0.2) is 43.2 Å². The van der Waals surface area contributed by atoms with Crippen LogP contribution in [0.4, 0.5) is 0 Å². The number of amides is 1. The van der Waals surface area contributed by atoms with E-state index in [0.717, 1.165) is 6.42 Å². The fraction of sp³-hybridized carbons (Fsp3) is 0.350. The SMILES string of the molecule is CN(CC1Cc2ccccc2CO1)C(=O)C1COc2ccccc2O1. The molecular formula is C20H21NO4. The number of nitrogens with zero attached hydrogens (tertiary/aromatic N) is 1. The minimum absolute atomic E-state index is 0.000597. The van der Waals surface area contributed by atoms with Crippen LogP contribution < -0.4 is 9.47 Å². The number of carbonyl (C=O) groups is 1. The van der Waals surface area contributed by atoms with Gasteiger partial charge in [0.2, 0.25) is 6.10 Å². The molecule has 4 rings (SSSR count). The summed E-state index contributed by atoms with van der Waals surface area (Å²) in [5.41, 5.74) is 2.53. The van der Waals surface area contributed by atoms with Crippen molar-refractivity contribution in [3.63, 3.8) is 0 Å². The molecule has 2 atom stereocenters. The molecule has 0 aromatic heterocycles. The summed E-state index contributed by atoms with van der Waals surface area (Å²) in [5, 5.41) is 0. The number of benzene rings is 2. The summed E-state index contributed by atoms with van der Waals surface area (Å²) in [5.74, 6) is 1.21. The third kappa shape index (κ3) is 3.33. The number of hydrogen-bond acceptors (Lipinski definition) is 4. The summed E-state index contributed by atoms with van der Waals surface area (Å²) in [6, 6.07) is 15.7. The summed E-state index contributed by atoms with van der Waals surface area (Å²) in [4.78, 5) is 14.4. The summed E-state index contributed by atoms with van der Waals surface area (Å²) < 4.78 is 17.3. The number of carbonyl (C=O) groups excluding carboxylic acids is 1. The van der Waals surface area contributed by atoms with Crippen molar-refractivity contribution >= 4 is 5.91 Å². The number of para-hydroxylation sites is 2. The van der Waals surface area contributed by atoms with Crippen molar-refractivity contribution in [1.29, 1.82) is 0 Å². The first-order valence-corrected chi connectivity index (χ1v) is 8.52. The Kier molecular flexibility index (Phi) is 4.32. The average Bonchev–Trinajstić information content (AvgIpc) is 2.67. The molecule has 0 radical (unpaired) electrons. The van der Waals surface area contributed by atoms with Crippen LogP contribution in [0.25, 0.3) is 0 Å². The van der Waals surface area contributed by atoms with Crippen molar-refractivity contribution in [3.05, 3.63) is 59.7 Å². The Hall–Kier alpha value is -2.53. The summed E-state index contributed by atoms with van der Waals surface area (Å²) >= 11 is 0. The number of rotatable bonds is 3. The van der Waals surface area contributed by atoms with E-state index in [2.05, 4.69) is 12.1 Å². The lowest BCUT2D eigenvalue weighted by Crippen LogP contribution is -2.47. The minimum Gasteiger partial charge on any atom is -0.485 e. The van der Waals surface area contributed by atoms with E-state index in [1.807, 2.05) is 36.4 Å². The molecule has 2 aliphatic rings. The van der Waals surface area contributed by atoms with Crippen LogP contribution in [0.15, 0.2) is 48.5 Å². The number of likely N-dealkylation sites (N-methyl/N-ethyl adjacent to an activating group) is 1. The molecule has 2 unspecified atom stereocenters. The highest BCUT2D eigenvalue weighted by Gasteiger charge is 2.31. The maximum Gasteiger partial charge on any atom is 0.267 e. The van der Waals surface area contributed by atoms with E-state index in [9.17, 15) is 4.79 Å². The quantitative estimate of drug-likeness (QED) is 0.862. The second-order valence-corrected chi connectivity index (χ2v) is 6.49. The van der Waals surface area contributed by atoms with Crippen molar-refractivity contribution in [3.8, 4) is 11.5 Å². The highest BCUT2D eigenvalue weighted by Crippen LogP contribution is 2.31. The molecule has 2 aromatic rings. The normalized spacial score (nSPS) is 21.3. The van der Waals surface area contributed by atoms with Crippen LogP contribution in [0.5, 0.6) is 11.5 Å². The fourth-order valence-corrected chi connectivity index (χ4v) is 3.31. The average molecular weight is 339 g/mol. The first-order chi connectivity index (χ1) is 12.2. The van der Waals surface area contributed by atoms with E-state index < -0.39 is 6.10 Å². The van der Waals surface area contributed by atoms with Gasteiger partial charge in [-0.25, -0.2) is 0 Å². The maximum absolute atomic E-state index is 12.7. The molecule has 0 saturated heterocycles. The van der Waals surface area contributed by atoms with Gasteiger partial charge in [0.25, 0.3) is 5.91 Å². The van der Waals surface area contributed by atoms with Gasteiger partial charge in [-0.2, -0.15) is 0 Å². The second kappa shape index (κ2) is 6.76. The standard InChI is InChI=1S/C20H21NO4/c1-21(11-16-10-14-6-2-3-7-15(14)12-23-16)20(22)19-13-24-17-8-4-5-9-18(17)25-19/h2-9,16,19H,10-13H2,1H3. The Labute approximate surface area is 147 Å². The van der Waals surface area contributed by atoms with Crippen LogP contribution in [0.3, 0.4) is 0 Å². The van der Waals surface area contributed by atoms with Gasteiger partial charge in [0.15, 0.2) is 11.5 Å². The fourth-order valence-electron chi connectivity index (χ4n) is 3.31. The first kappa shape index (κ1) is 16.0. The van der Waals surface area contributed by atoms with Crippen LogP contribution in [0, 0.1) is 0 Å². The second-order valence-electron chi connectivity index (χ2n) is 6.49. The predicted molar refractivity (Wildman–Crippen MR) is 92.7 cm³/mol. The van der Waals surface area contributed by atoms with E-state index in [0.29, 0.717) is 24.7 Å². The molecule has 2 heterocycles. The molecular weight excluding hydrogens is 318 g/mol. The summed E-state index contributed by atoms with van der Waals surface area (Å²) in [6.45, 7) is 1.36. The molecule has 25 heavy (non-hydrogen) atoms. The molecule has 0 saturated carbocycles. The van der Waals surface area contributed by atoms with Gasteiger partial charge in [-0.1, -0.05) is 36.4 Å². The Morgan fingerprint density at radius 2 is 1.80 bits per heavy atom. The predicted octanol–water partition coefficient (Wildman–Crippen LogP) is 2.43. The van der Waals surface area contributed by atoms with E-state index in [1.54, 1.807) is 11.9 Å². The first-order valence-electron chi connectivity index (χ1n) is 8.52. The minimum atomic E-state index is -0.615. The van der Waals surface area contributed by atoms with Crippen LogP contribution >= 0.6 is 0 Å². The molecule has 0 fully saturated rings. The van der Waals surface area contributed by atoms with Crippen molar-refractivity contribution in [2.75, 3.05) is 20.2 Å². The Bertz CT molecular complexity index is 776. The molecule has 2 aromatic carbocycles. The molecule has 1 amide bonds. The van der Waals surface area contributed by atoms with Gasteiger partial charge in [-0.15, -0.1) is 0 Å². The molecule has 0 bridgehead atoms. The van der Waals surface area contributed by atoms with Gasteiger partial charge in [0, 0.05) is 20.0 Å². The summed E-state index contributed by atoms with van der Waals surface area (Å²) in [6.07, 6.45) is 0.204. The molecule has 130 valence electrons. The Morgan fingerprint density at radius 3 is 2.64 bits per heavy atom. The zero-order valence-electron chi connectivity index (χ0n) is 14.2. The highest BCUT2D eigenvalue weighted by molar-refractivity contribution is 5.81. The van der Waals surface area contributed by atoms with Crippen molar-refractivity contribution in [1.82, 2.24) is 4.90 Å². The number of hydrogen-bond donors (Lipinski definition) is 0. The van der Waals surface area contributed by atoms with Crippen LogP contribution in [0.2, 0.25) is 0 Å². The van der Waals surface area contributed by atoms with Gasteiger partial charge >= 0.3 is 0 Å². The third-order valence-corrected chi connectivity index (χ3v) is 4.68. The highest BCUT2D eigenvalue weighted by atomic mass is 16.6. The third-order valence-electron chi connectivity index (χ3n) is 4.68. The molecule has 5 heteroatoms. The van der Waals surface area contributed by atoms with Gasteiger partial charge in [0.05, 0.1) is 12.7 Å². The van der Waals surface area contributed by atoms with Gasteiger partial charge in [-0.05, 0) is 23.3 Å². The smallest absolute Gasteiger partial charge is 0.267 e. The van der Waals surface area contributed by atoms with Crippen LogP contribution in [0.1, 0.15) is 11.1 Å². The lowest BCUT2D eigenvalue weighted by Gasteiger charge is -2.32. The Balaban J connectivity index is 1.37. The number of ether oxygens (including phenoxy) is 3. The van der Waals surface area contributed by atoms with Gasteiger partial charge in [-0.3, -0.25) is 4.79 Å². The lowest BCUT2D eigenvalue weighted by molar-refractivity contribution is -0.142. The molecule has 0 spiro atoms. The van der Waals surface area contributed by atoms with Crippen molar-refractivity contribution < 1.29 is 19.0 Å². The van der Waals surface area contributed by atoms with Gasteiger partial charge < -0.3 is 19.1 Å². The van der Waals surface area contributed by atoms with E-state index in [1.165, 1.54) is 11.1 Å². The zero-order valence-corrected chi connectivity index (χ0v) is 14.2. The van der Waals surface area contributed by atoms with E-state index >= 15 is 0 Å². The monoisotopic (exact) mass is 339 g/mol. The van der Waals surface area contributed by atoms with Crippen LogP contribution in [-0.2, 0) is 22.6 Å². The molecule has 0 aliphatic carbocycles. The van der Waals surface area contributed by atoms with E-state index in [4.69, 9.17) is 14.2 Å².